The molecule has 0 aromatic heterocycles. The minimum Gasteiger partial charge on any atom is -0.491 e. The van der Waals surface area contributed by atoms with Gasteiger partial charge in [0.1, 0.15) is 12.4 Å². The second-order valence-corrected chi connectivity index (χ2v) is 5.79. The van der Waals surface area contributed by atoms with Gasteiger partial charge in [-0.3, -0.25) is 0 Å². The van der Waals surface area contributed by atoms with Crippen LogP contribution in [0.3, 0.4) is 0 Å². The fraction of sp³-hybridized carbons (Fsp3) is 0.500. The first-order valence-electron chi connectivity index (χ1n) is 5.55. The lowest BCUT2D eigenvalue weighted by Gasteiger charge is -2.14. The van der Waals surface area contributed by atoms with Crippen LogP contribution < -0.4 is 9.88 Å². The van der Waals surface area contributed by atoms with Crippen LogP contribution in [0.5, 0.6) is 5.75 Å². The highest BCUT2D eigenvalue weighted by Crippen LogP contribution is 2.24. The van der Waals surface area contributed by atoms with Crippen LogP contribution in [0.4, 0.5) is 0 Å². The maximum Gasteiger partial charge on any atom is 0.238 e. The Bertz CT molecular complexity index is 502. The minimum absolute atomic E-state index is 0.0245. The topological polar surface area (TPSA) is 78.6 Å². The van der Waals surface area contributed by atoms with E-state index in [-0.39, 0.29) is 11.0 Å². The lowest BCUT2D eigenvalue weighted by molar-refractivity contribution is 0.0716. The third kappa shape index (κ3) is 3.69. The SMILES string of the molecule is COC(C)COc1cc(C)c(S(N)(=O)=O)c(C)c1. The Balaban J connectivity index is 3.01. The van der Waals surface area contributed by atoms with Gasteiger partial charge < -0.3 is 9.47 Å². The zero-order valence-corrected chi connectivity index (χ0v) is 11.9. The molecule has 102 valence electrons. The number of ether oxygens (including phenoxy) is 2. The first-order chi connectivity index (χ1) is 8.25. The summed E-state index contributed by atoms with van der Waals surface area (Å²) >= 11 is 0. The molecule has 1 aromatic carbocycles. The van der Waals surface area contributed by atoms with E-state index in [0.29, 0.717) is 23.5 Å². The molecule has 0 aliphatic rings. The van der Waals surface area contributed by atoms with Crippen LogP contribution in [0, 0.1) is 13.8 Å². The molecule has 0 spiro atoms. The number of nitrogens with two attached hydrogens (primary N) is 1. The Morgan fingerprint density at radius 1 is 1.28 bits per heavy atom. The van der Waals surface area contributed by atoms with Gasteiger partial charge in [0, 0.05) is 7.11 Å². The summed E-state index contributed by atoms with van der Waals surface area (Å²) in [7, 11) is -2.09. The molecule has 1 atom stereocenters. The molecule has 0 radical (unpaired) electrons. The van der Waals surface area contributed by atoms with Gasteiger partial charge in [-0.25, -0.2) is 13.6 Å². The van der Waals surface area contributed by atoms with Crippen molar-refractivity contribution in [2.24, 2.45) is 5.14 Å². The lowest BCUT2D eigenvalue weighted by Crippen LogP contribution is -2.17. The van der Waals surface area contributed by atoms with Gasteiger partial charge in [-0.2, -0.15) is 0 Å². The van der Waals surface area contributed by atoms with E-state index in [9.17, 15) is 8.42 Å². The molecule has 0 aliphatic heterocycles. The molecule has 0 amide bonds. The molecule has 2 N–H and O–H groups in total. The third-order valence-corrected chi connectivity index (χ3v) is 3.82. The van der Waals surface area contributed by atoms with Crippen molar-refractivity contribution in [3.05, 3.63) is 23.3 Å². The first-order valence-corrected chi connectivity index (χ1v) is 7.10. The molecular formula is C12H19NO4S. The molecule has 6 heteroatoms. The minimum atomic E-state index is -3.70. The molecule has 0 fully saturated rings. The Labute approximate surface area is 108 Å². The number of primary sulfonamides is 1. The summed E-state index contributed by atoms with van der Waals surface area (Å²) in [6, 6.07) is 3.32. The van der Waals surface area contributed by atoms with Gasteiger partial charge in [0.2, 0.25) is 10.0 Å². The maximum atomic E-state index is 11.4. The van der Waals surface area contributed by atoms with E-state index < -0.39 is 10.0 Å². The van der Waals surface area contributed by atoms with Gasteiger partial charge in [0.25, 0.3) is 0 Å². The van der Waals surface area contributed by atoms with Crippen molar-refractivity contribution in [1.82, 2.24) is 0 Å². The van der Waals surface area contributed by atoms with Crippen LogP contribution in [0.2, 0.25) is 0 Å². The molecule has 5 nitrogen and oxygen atoms in total. The molecule has 18 heavy (non-hydrogen) atoms. The molecule has 1 rings (SSSR count). The highest BCUT2D eigenvalue weighted by atomic mass is 32.2. The number of aryl methyl sites for hydroxylation is 2. The van der Waals surface area contributed by atoms with Gasteiger partial charge in [0.05, 0.1) is 11.0 Å². The van der Waals surface area contributed by atoms with E-state index in [1.54, 1.807) is 33.1 Å². The number of hydrogen-bond acceptors (Lipinski definition) is 4. The van der Waals surface area contributed by atoms with Crippen LogP contribution >= 0.6 is 0 Å². The molecule has 0 aliphatic carbocycles. The summed E-state index contributed by atoms with van der Waals surface area (Å²) in [5.41, 5.74) is 1.16. The number of methoxy groups -OCH3 is 1. The number of sulfonamides is 1. The van der Waals surface area contributed by atoms with Gasteiger partial charge in [0.15, 0.2) is 0 Å². The molecular weight excluding hydrogens is 254 g/mol. The van der Waals surface area contributed by atoms with E-state index in [1.165, 1.54) is 0 Å². The van der Waals surface area contributed by atoms with Crippen molar-refractivity contribution in [3.8, 4) is 5.75 Å². The largest absolute Gasteiger partial charge is 0.491 e. The van der Waals surface area contributed by atoms with Crippen molar-refractivity contribution in [1.29, 1.82) is 0 Å². The Morgan fingerprint density at radius 2 is 1.78 bits per heavy atom. The summed E-state index contributed by atoms with van der Waals surface area (Å²) in [4.78, 5) is 0.162. The summed E-state index contributed by atoms with van der Waals surface area (Å²) in [6.45, 7) is 5.68. The molecule has 1 unspecified atom stereocenters. The Hall–Kier alpha value is -1.11. The molecule has 0 saturated carbocycles. The van der Waals surface area contributed by atoms with E-state index in [0.717, 1.165) is 0 Å². The quantitative estimate of drug-likeness (QED) is 0.878. The normalized spacial score (nSPS) is 13.4. The monoisotopic (exact) mass is 273 g/mol. The van der Waals surface area contributed by atoms with Crippen LogP contribution in [0.15, 0.2) is 17.0 Å². The van der Waals surface area contributed by atoms with Gasteiger partial charge in [-0.15, -0.1) is 0 Å². The predicted molar refractivity (Wildman–Crippen MR) is 69.3 cm³/mol. The molecule has 1 aromatic rings. The van der Waals surface area contributed by atoms with Crippen molar-refractivity contribution < 1.29 is 17.9 Å². The third-order valence-electron chi connectivity index (χ3n) is 2.61. The Kier molecular flexibility index (Phi) is 4.72. The Morgan fingerprint density at radius 3 is 2.17 bits per heavy atom. The summed E-state index contributed by atoms with van der Waals surface area (Å²) in [5, 5.41) is 5.16. The molecule has 0 heterocycles. The predicted octanol–water partition coefficient (Wildman–Crippen LogP) is 1.36. The average molecular weight is 273 g/mol. The van der Waals surface area contributed by atoms with Crippen molar-refractivity contribution in [3.63, 3.8) is 0 Å². The maximum absolute atomic E-state index is 11.4. The van der Waals surface area contributed by atoms with Crippen LogP contribution in [0.1, 0.15) is 18.1 Å². The second-order valence-electron chi connectivity index (χ2n) is 4.29. The zero-order valence-electron chi connectivity index (χ0n) is 11.1. The van der Waals surface area contributed by atoms with E-state index in [1.807, 2.05) is 6.92 Å². The molecule has 0 saturated heterocycles. The van der Waals surface area contributed by atoms with Crippen molar-refractivity contribution in [2.75, 3.05) is 13.7 Å². The number of benzene rings is 1. The van der Waals surface area contributed by atoms with E-state index >= 15 is 0 Å². The fourth-order valence-corrected chi connectivity index (χ4v) is 2.74. The van der Waals surface area contributed by atoms with Crippen molar-refractivity contribution >= 4 is 10.0 Å². The van der Waals surface area contributed by atoms with Gasteiger partial charge in [-0.1, -0.05) is 0 Å². The number of rotatable bonds is 5. The van der Waals surface area contributed by atoms with Gasteiger partial charge >= 0.3 is 0 Å². The highest BCUT2D eigenvalue weighted by molar-refractivity contribution is 7.89. The van der Waals surface area contributed by atoms with Gasteiger partial charge in [-0.05, 0) is 44.0 Å². The van der Waals surface area contributed by atoms with E-state index in [4.69, 9.17) is 14.6 Å². The summed E-state index contributed by atoms with van der Waals surface area (Å²) in [5.74, 6) is 0.612. The lowest BCUT2D eigenvalue weighted by atomic mass is 10.1. The molecule has 0 bridgehead atoms. The fourth-order valence-electron chi connectivity index (χ4n) is 1.72. The summed E-state index contributed by atoms with van der Waals surface area (Å²) in [6.07, 6.45) is -0.0245. The highest BCUT2D eigenvalue weighted by Gasteiger charge is 2.16. The number of hydrogen-bond donors (Lipinski definition) is 1. The standard InChI is InChI=1S/C12H19NO4S/c1-8-5-11(17-7-10(3)16-4)6-9(2)12(8)18(13,14)15/h5-6,10H,7H2,1-4H3,(H2,13,14,15). The summed E-state index contributed by atoms with van der Waals surface area (Å²) < 4.78 is 33.4. The zero-order chi connectivity index (χ0) is 13.9. The first kappa shape index (κ1) is 14.9. The van der Waals surface area contributed by atoms with Crippen LogP contribution in [0.25, 0.3) is 0 Å². The van der Waals surface area contributed by atoms with Crippen LogP contribution in [-0.2, 0) is 14.8 Å². The smallest absolute Gasteiger partial charge is 0.238 e. The second kappa shape index (κ2) is 5.69. The van der Waals surface area contributed by atoms with Crippen molar-refractivity contribution in [2.45, 2.75) is 31.8 Å². The average Bonchev–Trinajstić information content (AvgIpc) is 2.22. The van der Waals surface area contributed by atoms with Crippen LogP contribution in [-0.4, -0.2) is 28.2 Å². The van der Waals surface area contributed by atoms with E-state index in [2.05, 4.69) is 0 Å².